The van der Waals surface area contributed by atoms with Crippen LogP contribution in [0.3, 0.4) is 0 Å². The first-order valence-corrected chi connectivity index (χ1v) is 17.4. The molecule has 3 amide bonds. The number of piperazine rings is 1. The van der Waals surface area contributed by atoms with E-state index >= 15 is 0 Å². The topological polar surface area (TPSA) is 107 Å². The summed E-state index contributed by atoms with van der Waals surface area (Å²) in [6, 6.07) is 0.100. The number of amides is 3. The Labute approximate surface area is 271 Å². The van der Waals surface area contributed by atoms with Crippen LogP contribution in [-0.2, 0) is 19.2 Å². The van der Waals surface area contributed by atoms with Gasteiger partial charge in [-0.3, -0.25) is 19.2 Å². The SMILES string of the molecule is CC(C)C[C@H]1ON(C(=O)/C=C/c2nc(C#CCCCO)cs2)[C@H]2CN(C3CCN(C4CC4)CC3)C(=O)[C@H](CC(C)(C)C)N2C1=O. The van der Waals surface area contributed by atoms with Gasteiger partial charge >= 0.3 is 0 Å². The van der Waals surface area contributed by atoms with Crippen molar-refractivity contribution in [3.8, 4) is 11.8 Å². The molecule has 1 aliphatic carbocycles. The van der Waals surface area contributed by atoms with Crippen molar-refractivity contribution in [2.45, 2.75) is 116 Å². The molecule has 1 aromatic rings. The summed E-state index contributed by atoms with van der Waals surface area (Å²) in [7, 11) is 0. The molecule has 3 aliphatic heterocycles. The number of rotatable bonds is 9. The fourth-order valence-electron chi connectivity index (χ4n) is 6.60. The third-order valence-electron chi connectivity index (χ3n) is 8.90. The van der Waals surface area contributed by atoms with Crippen molar-refractivity contribution < 1.29 is 24.3 Å². The van der Waals surface area contributed by atoms with E-state index in [1.807, 2.05) is 24.1 Å². The molecule has 5 rings (SSSR count). The number of hydrogen-bond acceptors (Lipinski definition) is 8. The number of hydrogen-bond donors (Lipinski definition) is 1. The lowest BCUT2D eigenvalue weighted by Gasteiger charge is -2.55. The normalized spacial score (nSPS) is 25.2. The van der Waals surface area contributed by atoms with Gasteiger partial charge in [-0.15, -0.1) is 11.3 Å². The Hall–Kier alpha value is -2.78. The second-order valence-corrected chi connectivity index (χ2v) is 15.3. The molecule has 0 unspecified atom stereocenters. The van der Waals surface area contributed by atoms with E-state index in [-0.39, 0.29) is 48.2 Å². The first-order chi connectivity index (χ1) is 21.4. The van der Waals surface area contributed by atoms with Gasteiger partial charge in [0.2, 0.25) is 5.91 Å². The van der Waals surface area contributed by atoms with E-state index in [2.05, 4.69) is 42.5 Å². The van der Waals surface area contributed by atoms with Crippen molar-refractivity contribution in [3.05, 3.63) is 22.2 Å². The second-order valence-electron chi connectivity index (χ2n) is 14.4. The highest BCUT2D eigenvalue weighted by Crippen LogP contribution is 2.37. The van der Waals surface area contributed by atoms with Gasteiger partial charge in [-0.25, -0.2) is 4.98 Å². The number of aromatic nitrogens is 1. The minimum atomic E-state index is -0.845. The maximum Gasteiger partial charge on any atom is 0.272 e. The third kappa shape index (κ3) is 8.33. The van der Waals surface area contributed by atoms with Gasteiger partial charge in [0.1, 0.15) is 16.7 Å². The van der Waals surface area contributed by atoms with Gasteiger partial charge in [0, 0.05) is 49.7 Å². The summed E-state index contributed by atoms with van der Waals surface area (Å²) in [5.74, 6) is 5.54. The number of carbonyl (C=O) groups excluding carboxylic acids is 3. The van der Waals surface area contributed by atoms with E-state index in [9.17, 15) is 14.4 Å². The average molecular weight is 640 g/mol. The van der Waals surface area contributed by atoms with Gasteiger partial charge in [0.15, 0.2) is 12.3 Å². The summed E-state index contributed by atoms with van der Waals surface area (Å²) in [6.07, 6.45) is 8.00. The van der Waals surface area contributed by atoms with Crippen molar-refractivity contribution in [2.24, 2.45) is 11.3 Å². The molecule has 11 heteroatoms. The maximum absolute atomic E-state index is 14.3. The Bertz CT molecular complexity index is 1310. The zero-order valence-electron chi connectivity index (χ0n) is 27.4. The molecule has 1 aromatic heterocycles. The molecule has 10 nitrogen and oxygen atoms in total. The molecule has 3 saturated heterocycles. The van der Waals surface area contributed by atoms with Gasteiger partial charge in [-0.05, 0) is 68.3 Å². The highest BCUT2D eigenvalue weighted by molar-refractivity contribution is 7.10. The lowest BCUT2D eigenvalue weighted by Crippen LogP contribution is -2.74. The van der Waals surface area contributed by atoms with Crippen LogP contribution in [0.1, 0.15) is 96.7 Å². The molecule has 1 saturated carbocycles. The number of thiazole rings is 1. The molecule has 4 heterocycles. The molecule has 3 atom stereocenters. The standard InChI is InChI=1S/C34H49N5O5S/c1-23(2)19-28-33(43)38-27(20-34(3,4)5)32(42)37(26-14-16-36(17-15-26)25-10-11-25)21-30(38)39(44-28)31(41)13-12-29-35-24(22-45-29)9-7-6-8-18-40/h12-13,22-23,25-28,30,40H,6,8,10-11,14-21H2,1-5H3/b13-12+/t27-,28+,30-/m0/s1. The largest absolute Gasteiger partial charge is 0.396 e. The van der Waals surface area contributed by atoms with Gasteiger partial charge in [0.25, 0.3) is 11.8 Å². The maximum atomic E-state index is 14.3. The Morgan fingerprint density at radius 2 is 1.89 bits per heavy atom. The molecule has 0 aromatic carbocycles. The average Bonchev–Trinajstić information content (AvgIpc) is 3.74. The Morgan fingerprint density at radius 1 is 1.16 bits per heavy atom. The first-order valence-electron chi connectivity index (χ1n) is 16.5. The molecule has 4 fully saturated rings. The van der Waals surface area contributed by atoms with Crippen molar-refractivity contribution in [1.82, 2.24) is 24.7 Å². The predicted molar refractivity (Wildman–Crippen MR) is 173 cm³/mol. The molecule has 45 heavy (non-hydrogen) atoms. The molecule has 4 aliphatic rings. The fraction of sp³-hybridized carbons (Fsp3) is 0.706. The van der Waals surface area contributed by atoms with Crippen molar-refractivity contribution in [2.75, 3.05) is 26.2 Å². The Balaban J connectivity index is 1.41. The van der Waals surface area contributed by atoms with E-state index < -0.39 is 18.3 Å². The second kappa shape index (κ2) is 14.3. The molecular weight excluding hydrogens is 590 g/mol. The van der Waals surface area contributed by atoms with Gasteiger partial charge in [-0.1, -0.05) is 40.5 Å². The van der Waals surface area contributed by atoms with Crippen LogP contribution in [0.15, 0.2) is 11.5 Å². The summed E-state index contributed by atoms with van der Waals surface area (Å²) < 4.78 is 0. The highest BCUT2D eigenvalue weighted by Gasteiger charge is 2.54. The minimum Gasteiger partial charge on any atom is -0.396 e. The van der Waals surface area contributed by atoms with Crippen LogP contribution in [0, 0.1) is 23.2 Å². The van der Waals surface area contributed by atoms with Crippen LogP contribution in [0.2, 0.25) is 0 Å². The smallest absolute Gasteiger partial charge is 0.272 e. The predicted octanol–water partition coefficient (Wildman–Crippen LogP) is 3.90. The van der Waals surface area contributed by atoms with Crippen molar-refractivity contribution in [1.29, 1.82) is 0 Å². The van der Waals surface area contributed by atoms with E-state index in [0.29, 0.717) is 42.4 Å². The van der Waals surface area contributed by atoms with E-state index in [0.717, 1.165) is 25.9 Å². The van der Waals surface area contributed by atoms with Gasteiger partial charge in [-0.2, -0.15) is 5.06 Å². The molecule has 0 spiro atoms. The van der Waals surface area contributed by atoms with E-state index in [1.165, 1.54) is 35.3 Å². The number of hydroxylamine groups is 2. The molecule has 0 bridgehead atoms. The summed E-state index contributed by atoms with van der Waals surface area (Å²) in [6.45, 7) is 12.6. The van der Waals surface area contributed by atoms with Crippen molar-refractivity contribution >= 4 is 35.1 Å². The van der Waals surface area contributed by atoms with Gasteiger partial charge < -0.3 is 19.8 Å². The van der Waals surface area contributed by atoms with Crippen LogP contribution in [0.4, 0.5) is 0 Å². The molecule has 1 N–H and O–H groups in total. The van der Waals surface area contributed by atoms with E-state index in [1.54, 1.807) is 11.0 Å². The monoisotopic (exact) mass is 639 g/mol. The van der Waals surface area contributed by atoms with Gasteiger partial charge in [0.05, 0.1) is 6.54 Å². The number of likely N-dealkylation sites (tertiary alicyclic amines) is 1. The number of aliphatic hydroxyl groups excluding tert-OH is 1. The van der Waals surface area contributed by atoms with Crippen LogP contribution >= 0.6 is 11.3 Å². The number of carbonyl (C=O) groups is 3. The number of fused-ring (bicyclic) bond motifs is 1. The van der Waals surface area contributed by atoms with Crippen LogP contribution < -0.4 is 0 Å². The third-order valence-corrected chi connectivity index (χ3v) is 9.71. The number of unbranched alkanes of at least 4 members (excludes halogenated alkanes) is 1. The quantitative estimate of drug-likeness (QED) is 0.248. The Morgan fingerprint density at radius 3 is 2.53 bits per heavy atom. The molecule has 246 valence electrons. The lowest BCUT2D eigenvalue weighted by atomic mass is 9.84. The zero-order valence-corrected chi connectivity index (χ0v) is 28.2. The van der Waals surface area contributed by atoms with Crippen LogP contribution in [-0.4, -0.2) is 104 Å². The number of piperidine rings is 1. The van der Waals surface area contributed by atoms with Crippen molar-refractivity contribution in [3.63, 3.8) is 0 Å². The Kier molecular flexibility index (Phi) is 10.7. The summed E-state index contributed by atoms with van der Waals surface area (Å²) in [5, 5.41) is 12.8. The van der Waals surface area contributed by atoms with E-state index in [4.69, 9.17) is 9.94 Å². The summed E-state index contributed by atoms with van der Waals surface area (Å²) in [4.78, 5) is 59.1. The summed E-state index contributed by atoms with van der Waals surface area (Å²) in [5.41, 5.74) is 0.403. The zero-order chi connectivity index (χ0) is 32.3. The molecular formula is C34H49N5O5S. The number of nitrogens with zero attached hydrogens (tertiary/aromatic N) is 5. The minimum absolute atomic E-state index is 0.0112. The molecule has 0 radical (unpaired) electrons. The van der Waals surface area contributed by atoms with Crippen LogP contribution in [0.5, 0.6) is 0 Å². The lowest BCUT2D eigenvalue weighted by molar-refractivity contribution is -0.276. The van der Waals surface area contributed by atoms with Crippen LogP contribution in [0.25, 0.3) is 6.08 Å². The fourth-order valence-corrected chi connectivity index (χ4v) is 7.25. The first kappa shape index (κ1) is 33.6. The number of aliphatic hydroxyl groups is 1. The highest BCUT2D eigenvalue weighted by atomic mass is 32.1. The summed E-state index contributed by atoms with van der Waals surface area (Å²) >= 11 is 1.38.